The van der Waals surface area contributed by atoms with E-state index in [0.717, 1.165) is 11.4 Å². The lowest BCUT2D eigenvalue weighted by atomic mass is 10.1. The second-order valence-corrected chi connectivity index (χ2v) is 4.68. The normalized spacial score (nSPS) is 14.0. The Labute approximate surface area is 116 Å². The van der Waals surface area contributed by atoms with Gasteiger partial charge in [-0.3, -0.25) is 14.5 Å². The van der Waals surface area contributed by atoms with Gasteiger partial charge in [-0.2, -0.15) is 0 Å². The highest BCUT2D eigenvalue weighted by Gasteiger charge is 2.35. The van der Waals surface area contributed by atoms with E-state index in [4.69, 9.17) is 0 Å². The molecule has 0 fully saturated rings. The molecule has 0 unspecified atom stereocenters. The zero-order chi connectivity index (χ0) is 14.3. The van der Waals surface area contributed by atoms with Crippen LogP contribution in [-0.2, 0) is 13.1 Å². The van der Waals surface area contributed by atoms with Gasteiger partial charge >= 0.3 is 0 Å². The monoisotopic (exact) mass is 270 g/mol. The molecule has 0 aliphatic carbocycles. The average molecular weight is 270 g/mol. The molecule has 6 nitrogen and oxygen atoms in total. The summed E-state index contributed by atoms with van der Waals surface area (Å²) < 4.78 is 1.71. The second kappa shape index (κ2) is 4.56. The Balaban J connectivity index is 1.96. The van der Waals surface area contributed by atoms with Gasteiger partial charge < -0.3 is 0 Å². The molecule has 0 N–H and O–H groups in total. The molecule has 20 heavy (non-hydrogen) atoms. The van der Waals surface area contributed by atoms with Crippen LogP contribution < -0.4 is 0 Å². The molecule has 2 amide bonds. The van der Waals surface area contributed by atoms with Crippen molar-refractivity contribution < 1.29 is 9.59 Å². The van der Waals surface area contributed by atoms with Crippen molar-refractivity contribution in [1.82, 2.24) is 19.9 Å². The largest absolute Gasteiger partial charge is 0.269 e. The van der Waals surface area contributed by atoms with Gasteiger partial charge in [0.25, 0.3) is 11.8 Å². The third-order valence-corrected chi connectivity index (χ3v) is 3.52. The molecule has 2 aromatic rings. The Morgan fingerprint density at radius 2 is 1.70 bits per heavy atom. The van der Waals surface area contributed by atoms with Gasteiger partial charge in [-0.1, -0.05) is 17.3 Å². The van der Waals surface area contributed by atoms with Gasteiger partial charge in [-0.05, 0) is 26.0 Å². The molecule has 0 radical (unpaired) electrons. The van der Waals surface area contributed by atoms with Crippen LogP contribution in [0.2, 0.25) is 0 Å². The molecular formula is C14H14N4O2. The van der Waals surface area contributed by atoms with Crippen molar-refractivity contribution in [3.63, 3.8) is 0 Å². The number of hydrogen-bond donors (Lipinski definition) is 0. The van der Waals surface area contributed by atoms with Crippen LogP contribution in [0.15, 0.2) is 24.3 Å². The highest BCUT2D eigenvalue weighted by molar-refractivity contribution is 6.21. The third kappa shape index (κ3) is 1.72. The van der Waals surface area contributed by atoms with Gasteiger partial charge in [0.2, 0.25) is 0 Å². The molecule has 6 heteroatoms. The van der Waals surface area contributed by atoms with Crippen LogP contribution in [0, 0.1) is 6.92 Å². The van der Waals surface area contributed by atoms with Crippen LogP contribution in [0.4, 0.5) is 0 Å². The molecule has 3 rings (SSSR count). The molecule has 0 atom stereocenters. The predicted molar refractivity (Wildman–Crippen MR) is 71.1 cm³/mol. The maximum atomic E-state index is 12.3. The van der Waals surface area contributed by atoms with Crippen LogP contribution in [-0.4, -0.2) is 31.7 Å². The predicted octanol–water partition coefficient (Wildman–Crippen LogP) is 1.40. The fourth-order valence-corrected chi connectivity index (χ4v) is 2.40. The summed E-state index contributed by atoms with van der Waals surface area (Å²) in [6.45, 7) is 4.63. The van der Waals surface area contributed by atoms with Crippen molar-refractivity contribution in [2.45, 2.75) is 26.9 Å². The maximum Gasteiger partial charge on any atom is 0.261 e. The van der Waals surface area contributed by atoms with E-state index in [2.05, 4.69) is 10.3 Å². The topological polar surface area (TPSA) is 68.1 Å². The van der Waals surface area contributed by atoms with Crippen LogP contribution in [0.3, 0.4) is 0 Å². The molecule has 0 saturated heterocycles. The molecule has 2 heterocycles. The number of hydrogen-bond acceptors (Lipinski definition) is 4. The van der Waals surface area contributed by atoms with Gasteiger partial charge in [-0.15, -0.1) is 5.10 Å². The lowest BCUT2D eigenvalue weighted by Crippen LogP contribution is -2.30. The summed E-state index contributed by atoms with van der Waals surface area (Å²) in [6.07, 6.45) is 0. The summed E-state index contributed by atoms with van der Waals surface area (Å²) in [5, 5.41) is 7.99. The molecule has 0 bridgehead atoms. The Hall–Kier alpha value is -2.50. The summed E-state index contributed by atoms with van der Waals surface area (Å²) in [5.74, 6) is -0.511. The maximum absolute atomic E-state index is 12.3. The minimum atomic E-state index is -0.256. The van der Waals surface area contributed by atoms with Crippen LogP contribution >= 0.6 is 0 Å². The van der Waals surface area contributed by atoms with E-state index < -0.39 is 0 Å². The van der Waals surface area contributed by atoms with Gasteiger partial charge in [-0.25, -0.2) is 4.68 Å². The Morgan fingerprint density at radius 1 is 1.10 bits per heavy atom. The smallest absolute Gasteiger partial charge is 0.261 e. The quantitative estimate of drug-likeness (QED) is 0.791. The number of benzene rings is 1. The van der Waals surface area contributed by atoms with Crippen molar-refractivity contribution >= 4 is 11.8 Å². The molecule has 1 aromatic heterocycles. The summed E-state index contributed by atoms with van der Waals surface area (Å²) >= 11 is 0. The number of carbonyl (C=O) groups is 2. The number of carbonyl (C=O) groups excluding carboxylic acids is 2. The van der Waals surface area contributed by atoms with E-state index in [1.165, 1.54) is 4.90 Å². The number of rotatable bonds is 3. The molecule has 1 aliphatic heterocycles. The fraction of sp³-hybridized carbons (Fsp3) is 0.286. The molecule has 102 valence electrons. The number of amides is 2. The van der Waals surface area contributed by atoms with Crippen molar-refractivity contribution in [2.75, 3.05) is 0 Å². The zero-order valence-corrected chi connectivity index (χ0v) is 11.3. The first-order valence-corrected chi connectivity index (χ1v) is 6.47. The lowest BCUT2D eigenvalue weighted by molar-refractivity contribution is 0.0638. The summed E-state index contributed by atoms with van der Waals surface area (Å²) in [7, 11) is 0. The number of imide groups is 1. The van der Waals surface area contributed by atoms with E-state index in [1.807, 2.05) is 13.8 Å². The van der Waals surface area contributed by atoms with Crippen molar-refractivity contribution in [2.24, 2.45) is 0 Å². The zero-order valence-electron chi connectivity index (χ0n) is 11.3. The Kier molecular flexibility index (Phi) is 2.85. The van der Waals surface area contributed by atoms with Gasteiger partial charge in [0.1, 0.15) is 0 Å². The van der Waals surface area contributed by atoms with Crippen LogP contribution in [0.25, 0.3) is 0 Å². The summed E-state index contributed by atoms with van der Waals surface area (Å²) in [5.41, 5.74) is 2.46. The first-order valence-electron chi connectivity index (χ1n) is 6.47. The standard InChI is InChI=1S/C14H14N4O2/c1-3-18-12(9(2)15-16-18)8-17-13(19)10-6-4-5-7-11(10)14(17)20/h4-7H,3,8H2,1-2H3. The molecule has 0 spiro atoms. The summed E-state index contributed by atoms with van der Waals surface area (Å²) in [4.78, 5) is 25.9. The van der Waals surface area contributed by atoms with E-state index in [-0.39, 0.29) is 18.4 Å². The molecule has 1 aliphatic rings. The lowest BCUT2D eigenvalue weighted by Gasteiger charge is -2.14. The summed E-state index contributed by atoms with van der Waals surface area (Å²) in [6, 6.07) is 6.88. The van der Waals surface area contributed by atoms with Crippen LogP contribution in [0.1, 0.15) is 39.0 Å². The molecule has 1 aromatic carbocycles. The van der Waals surface area contributed by atoms with Crippen molar-refractivity contribution in [3.8, 4) is 0 Å². The minimum Gasteiger partial charge on any atom is -0.269 e. The van der Waals surface area contributed by atoms with E-state index >= 15 is 0 Å². The third-order valence-electron chi connectivity index (χ3n) is 3.52. The SMILES string of the molecule is CCn1nnc(C)c1CN1C(=O)c2ccccc2C1=O. The molecular weight excluding hydrogens is 256 g/mol. The number of aromatic nitrogens is 3. The van der Waals surface area contributed by atoms with Crippen LogP contribution in [0.5, 0.6) is 0 Å². The average Bonchev–Trinajstić information content (AvgIpc) is 2.94. The number of nitrogens with zero attached hydrogens (tertiary/aromatic N) is 4. The Morgan fingerprint density at radius 3 is 2.25 bits per heavy atom. The van der Waals surface area contributed by atoms with Gasteiger partial charge in [0.15, 0.2) is 0 Å². The van der Waals surface area contributed by atoms with E-state index in [9.17, 15) is 9.59 Å². The first kappa shape index (κ1) is 12.5. The molecule has 0 saturated carbocycles. The second-order valence-electron chi connectivity index (χ2n) is 4.68. The van der Waals surface area contributed by atoms with Crippen molar-refractivity contribution in [3.05, 3.63) is 46.8 Å². The highest BCUT2D eigenvalue weighted by atomic mass is 16.2. The van der Waals surface area contributed by atoms with E-state index in [1.54, 1.807) is 28.9 Å². The fourth-order valence-electron chi connectivity index (χ4n) is 2.40. The highest BCUT2D eigenvalue weighted by Crippen LogP contribution is 2.24. The first-order chi connectivity index (χ1) is 9.63. The minimum absolute atomic E-state index is 0.207. The van der Waals surface area contributed by atoms with E-state index in [0.29, 0.717) is 17.7 Å². The number of aryl methyl sites for hydroxylation is 2. The van der Waals surface area contributed by atoms with Gasteiger partial charge in [0.05, 0.1) is 29.1 Å². The number of fused-ring (bicyclic) bond motifs is 1. The van der Waals surface area contributed by atoms with Crippen molar-refractivity contribution in [1.29, 1.82) is 0 Å². The Bertz CT molecular complexity index is 670. The van der Waals surface area contributed by atoms with Gasteiger partial charge in [0, 0.05) is 6.54 Å².